The number of nitrogen functional groups attached to an aromatic ring is 1. The molecule has 0 aliphatic heterocycles. The molecule has 4 nitrogen and oxygen atoms in total. The number of aryl methyl sites for hydroxylation is 1. The second-order valence-corrected chi connectivity index (χ2v) is 5.59. The van der Waals surface area contributed by atoms with E-state index < -0.39 is 0 Å². The van der Waals surface area contributed by atoms with E-state index in [1.54, 1.807) is 11.3 Å². The molecule has 0 unspecified atom stereocenters. The molecule has 17 heavy (non-hydrogen) atoms. The van der Waals surface area contributed by atoms with Crippen LogP contribution in [0.15, 0.2) is 28.1 Å². The average Bonchev–Trinajstić information content (AvgIpc) is 2.97. The Morgan fingerprint density at radius 1 is 1.41 bits per heavy atom. The quantitative estimate of drug-likeness (QED) is 0.769. The van der Waals surface area contributed by atoms with Gasteiger partial charge in [-0.2, -0.15) is 4.98 Å². The Morgan fingerprint density at radius 2 is 2.29 bits per heavy atom. The van der Waals surface area contributed by atoms with Crippen LogP contribution in [0.4, 0.5) is 5.00 Å². The van der Waals surface area contributed by atoms with Crippen LogP contribution in [-0.2, 0) is 0 Å². The highest BCUT2D eigenvalue weighted by Crippen LogP contribution is 2.34. The van der Waals surface area contributed by atoms with Crippen LogP contribution >= 0.6 is 22.7 Å². The molecule has 0 aliphatic carbocycles. The molecule has 3 heterocycles. The number of hydrogen-bond donors (Lipinski definition) is 1. The van der Waals surface area contributed by atoms with E-state index >= 15 is 0 Å². The molecule has 0 amide bonds. The Bertz CT molecular complexity index is 640. The molecule has 0 aromatic carbocycles. The molecule has 0 aliphatic rings. The predicted molar refractivity (Wildman–Crippen MR) is 70.1 cm³/mol. The Kier molecular flexibility index (Phi) is 2.45. The third-order valence-corrected chi connectivity index (χ3v) is 4.22. The normalized spacial score (nSPS) is 10.9. The van der Waals surface area contributed by atoms with Crippen LogP contribution in [0.3, 0.4) is 0 Å². The van der Waals surface area contributed by atoms with Gasteiger partial charge in [0.15, 0.2) is 0 Å². The van der Waals surface area contributed by atoms with Crippen LogP contribution < -0.4 is 5.73 Å². The van der Waals surface area contributed by atoms with Gasteiger partial charge in [-0.3, -0.25) is 0 Å². The number of anilines is 1. The molecular weight excluding hydrogens is 254 g/mol. The maximum atomic E-state index is 5.75. The summed E-state index contributed by atoms with van der Waals surface area (Å²) in [6.07, 6.45) is 0. The zero-order valence-corrected chi connectivity index (χ0v) is 10.6. The first-order chi connectivity index (χ1) is 8.24. The van der Waals surface area contributed by atoms with Gasteiger partial charge >= 0.3 is 0 Å². The van der Waals surface area contributed by atoms with Gasteiger partial charge in [0.05, 0.1) is 14.8 Å². The summed E-state index contributed by atoms with van der Waals surface area (Å²) < 4.78 is 5.27. The van der Waals surface area contributed by atoms with Crippen LogP contribution in [0.5, 0.6) is 0 Å². The molecule has 3 aromatic heterocycles. The second-order valence-electron chi connectivity index (χ2n) is 3.56. The fourth-order valence-corrected chi connectivity index (χ4v) is 3.05. The zero-order valence-electron chi connectivity index (χ0n) is 9.01. The van der Waals surface area contributed by atoms with Crippen molar-refractivity contribution in [3.05, 3.63) is 29.1 Å². The summed E-state index contributed by atoms with van der Waals surface area (Å²) in [5, 5.41) is 6.72. The molecule has 6 heteroatoms. The lowest BCUT2D eigenvalue weighted by Gasteiger charge is -1.88. The first kappa shape index (κ1) is 10.5. The molecule has 0 saturated heterocycles. The first-order valence-corrected chi connectivity index (χ1v) is 6.67. The van der Waals surface area contributed by atoms with E-state index in [0.717, 1.165) is 20.3 Å². The van der Waals surface area contributed by atoms with E-state index in [1.807, 2.05) is 30.5 Å². The highest BCUT2D eigenvalue weighted by Gasteiger charge is 2.15. The summed E-state index contributed by atoms with van der Waals surface area (Å²) in [7, 11) is 0. The summed E-state index contributed by atoms with van der Waals surface area (Å²) in [6.45, 7) is 1.98. The van der Waals surface area contributed by atoms with Crippen LogP contribution in [0, 0.1) is 6.92 Å². The number of thiophene rings is 2. The monoisotopic (exact) mass is 263 g/mol. The molecule has 0 fully saturated rings. The summed E-state index contributed by atoms with van der Waals surface area (Å²) in [5.41, 5.74) is 6.81. The van der Waals surface area contributed by atoms with Crippen LogP contribution in [0.1, 0.15) is 5.56 Å². The van der Waals surface area contributed by atoms with E-state index in [-0.39, 0.29) is 0 Å². The Morgan fingerprint density at radius 3 is 2.94 bits per heavy atom. The largest absolute Gasteiger partial charge is 0.391 e. The van der Waals surface area contributed by atoms with Gasteiger partial charge in [-0.15, -0.1) is 22.7 Å². The summed E-state index contributed by atoms with van der Waals surface area (Å²) in [6, 6.07) is 5.84. The molecule has 86 valence electrons. The Hall–Kier alpha value is -1.66. The van der Waals surface area contributed by atoms with Gasteiger partial charge in [0, 0.05) is 0 Å². The third-order valence-electron chi connectivity index (χ3n) is 2.30. The second kappa shape index (κ2) is 3.97. The lowest BCUT2D eigenvalue weighted by atomic mass is 10.3. The van der Waals surface area contributed by atoms with Crippen LogP contribution in [0.2, 0.25) is 0 Å². The minimum atomic E-state index is 0.535. The van der Waals surface area contributed by atoms with E-state index in [2.05, 4.69) is 10.1 Å². The van der Waals surface area contributed by atoms with Gasteiger partial charge in [0.25, 0.3) is 5.89 Å². The molecule has 0 bridgehead atoms. The highest BCUT2D eigenvalue weighted by molar-refractivity contribution is 7.19. The van der Waals surface area contributed by atoms with Crippen molar-refractivity contribution in [2.24, 2.45) is 0 Å². The van der Waals surface area contributed by atoms with Gasteiger partial charge in [-0.25, -0.2) is 0 Å². The molecular formula is C11H9N3OS2. The van der Waals surface area contributed by atoms with Gasteiger partial charge < -0.3 is 10.3 Å². The van der Waals surface area contributed by atoms with E-state index in [1.165, 1.54) is 11.3 Å². The summed E-state index contributed by atoms with van der Waals surface area (Å²) in [4.78, 5) is 6.33. The number of nitrogens with zero attached hydrogens (tertiary/aromatic N) is 2. The van der Waals surface area contributed by atoms with Gasteiger partial charge in [-0.1, -0.05) is 11.2 Å². The number of hydrogen-bond acceptors (Lipinski definition) is 6. The van der Waals surface area contributed by atoms with Crippen molar-refractivity contribution < 1.29 is 4.52 Å². The van der Waals surface area contributed by atoms with Crippen molar-refractivity contribution in [3.8, 4) is 21.5 Å². The van der Waals surface area contributed by atoms with Gasteiger partial charge in [0.1, 0.15) is 0 Å². The van der Waals surface area contributed by atoms with E-state index in [0.29, 0.717) is 11.7 Å². The molecule has 0 radical (unpaired) electrons. The minimum Gasteiger partial charge on any atom is -0.391 e. The molecule has 0 spiro atoms. The SMILES string of the molecule is Cc1cc(N)sc1-c1nc(-c2cccs2)no1. The minimum absolute atomic E-state index is 0.535. The Labute approximate surface area is 106 Å². The lowest BCUT2D eigenvalue weighted by molar-refractivity contribution is 0.433. The fraction of sp³-hybridized carbons (Fsp3) is 0.0909. The summed E-state index contributed by atoms with van der Waals surface area (Å²) >= 11 is 3.05. The summed E-state index contributed by atoms with van der Waals surface area (Å²) in [5.74, 6) is 1.16. The van der Waals surface area contributed by atoms with Crippen molar-refractivity contribution in [1.29, 1.82) is 0 Å². The van der Waals surface area contributed by atoms with Crippen LogP contribution in [-0.4, -0.2) is 10.1 Å². The highest BCUT2D eigenvalue weighted by atomic mass is 32.1. The maximum Gasteiger partial charge on any atom is 0.268 e. The fourth-order valence-electron chi connectivity index (χ4n) is 1.54. The Balaban J connectivity index is 2.03. The number of nitrogens with two attached hydrogens (primary N) is 1. The van der Waals surface area contributed by atoms with Crippen molar-refractivity contribution in [1.82, 2.24) is 10.1 Å². The number of aromatic nitrogens is 2. The maximum absolute atomic E-state index is 5.75. The molecule has 0 saturated carbocycles. The smallest absolute Gasteiger partial charge is 0.268 e. The van der Waals surface area contributed by atoms with E-state index in [9.17, 15) is 0 Å². The first-order valence-electron chi connectivity index (χ1n) is 4.98. The van der Waals surface area contributed by atoms with E-state index in [4.69, 9.17) is 10.3 Å². The lowest BCUT2D eigenvalue weighted by Crippen LogP contribution is -1.76. The van der Waals surface area contributed by atoms with Crippen molar-refractivity contribution in [2.45, 2.75) is 6.92 Å². The van der Waals surface area contributed by atoms with Gasteiger partial charge in [0.2, 0.25) is 5.82 Å². The third kappa shape index (κ3) is 1.85. The number of rotatable bonds is 2. The molecule has 2 N–H and O–H groups in total. The van der Waals surface area contributed by atoms with Crippen LogP contribution in [0.25, 0.3) is 21.5 Å². The van der Waals surface area contributed by atoms with Crippen molar-refractivity contribution in [2.75, 3.05) is 5.73 Å². The molecule has 3 aromatic rings. The predicted octanol–water partition coefficient (Wildman–Crippen LogP) is 3.42. The van der Waals surface area contributed by atoms with Crippen molar-refractivity contribution in [3.63, 3.8) is 0 Å². The molecule has 0 atom stereocenters. The average molecular weight is 263 g/mol. The molecule has 3 rings (SSSR count). The van der Waals surface area contributed by atoms with Crippen molar-refractivity contribution >= 4 is 27.7 Å². The topological polar surface area (TPSA) is 64.9 Å². The zero-order chi connectivity index (χ0) is 11.8. The standard InChI is InChI=1S/C11H9N3OS2/c1-6-5-8(12)17-9(6)11-13-10(14-15-11)7-3-2-4-16-7/h2-5H,12H2,1H3. The van der Waals surface area contributed by atoms with Gasteiger partial charge in [-0.05, 0) is 30.0 Å².